The molecule has 144 valence electrons. The molecule has 2 aromatic rings. The SMILES string of the molecule is COc1cccc([C@@H]2CN(C(=O)CCn3nc(C)cc3C)C[C@H]2C(=O)O)c1. The molecule has 1 N–H and O–H groups in total. The first-order chi connectivity index (χ1) is 12.9. The molecule has 1 aromatic heterocycles. The number of aliphatic carboxylic acids is 1. The predicted octanol–water partition coefficient (Wildman–Crippen LogP) is 2.23. The minimum atomic E-state index is -0.878. The normalized spacial score (nSPS) is 19.3. The van der Waals surface area contributed by atoms with Gasteiger partial charge < -0.3 is 14.7 Å². The van der Waals surface area contributed by atoms with Gasteiger partial charge in [0.2, 0.25) is 5.91 Å². The molecular formula is C20H25N3O4. The van der Waals surface area contributed by atoms with E-state index in [-0.39, 0.29) is 18.4 Å². The molecule has 0 spiro atoms. The van der Waals surface area contributed by atoms with Crippen molar-refractivity contribution in [3.63, 3.8) is 0 Å². The number of aryl methyl sites for hydroxylation is 3. The van der Waals surface area contributed by atoms with Crippen LogP contribution in [0, 0.1) is 19.8 Å². The first kappa shape index (κ1) is 18.9. The lowest BCUT2D eigenvalue weighted by Gasteiger charge is -2.17. The van der Waals surface area contributed by atoms with E-state index in [1.54, 1.807) is 12.0 Å². The average Bonchev–Trinajstić information content (AvgIpc) is 3.23. The molecular weight excluding hydrogens is 346 g/mol. The van der Waals surface area contributed by atoms with Crippen molar-refractivity contribution in [2.75, 3.05) is 20.2 Å². The van der Waals surface area contributed by atoms with Crippen molar-refractivity contribution in [2.24, 2.45) is 5.92 Å². The molecule has 1 aliphatic rings. The standard InChI is InChI=1S/C20H25N3O4/c1-13-9-14(2)23(21-13)8-7-19(24)22-11-17(18(12-22)20(25)26)15-5-4-6-16(10-15)27-3/h4-6,9-10,17-18H,7-8,11-12H2,1-3H3,(H,25,26)/t17-,18+/m0/s1. The fourth-order valence-electron chi connectivity index (χ4n) is 3.73. The number of carbonyl (C=O) groups excluding carboxylic acids is 1. The highest BCUT2D eigenvalue weighted by Gasteiger charge is 2.40. The van der Waals surface area contributed by atoms with Gasteiger partial charge in [0.05, 0.1) is 18.7 Å². The number of methoxy groups -OCH3 is 1. The van der Waals surface area contributed by atoms with Gasteiger partial charge in [0.1, 0.15) is 5.75 Å². The van der Waals surface area contributed by atoms with Crippen molar-refractivity contribution < 1.29 is 19.4 Å². The smallest absolute Gasteiger partial charge is 0.308 e. The Labute approximate surface area is 158 Å². The summed E-state index contributed by atoms with van der Waals surface area (Å²) < 4.78 is 7.06. The summed E-state index contributed by atoms with van der Waals surface area (Å²) in [7, 11) is 1.58. The third kappa shape index (κ3) is 4.13. The summed E-state index contributed by atoms with van der Waals surface area (Å²) in [6, 6.07) is 9.39. The van der Waals surface area contributed by atoms with E-state index in [1.165, 1.54) is 0 Å². The summed E-state index contributed by atoms with van der Waals surface area (Å²) in [5.41, 5.74) is 2.82. The summed E-state index contributed by atoms with van der Waals surface area (Å²) in [6.45, 7) is 5.01. The summed E-state index contributed by atoms with van der Waals surface area (Å²) in [6.07, 6.45) is 0.305. The van der Waals surface area contributed by atoms with Gasteiger partial charge in [-0.05, 0) is 37.6 Å². The summed E-state index contributed by atoms with van der Waals surface area (Å²) in [5.74, 6) is -1.09. The average molecular weight is 371 g/mol. The van der Waals surface area contributed by atoms with Gasteiger partial charge in [0.25, 0.3) is 0 Å². The molecule has 1 aromatic carbocycles. The Morgan fingerprint density at radius 3 is 2.67 bits per heavy atom. The maximum absolute atomic E-state index is 12.7. The fourth-order valence-corrected chi connectivity index (χ4v) is 3.73. The Hall–Kier alpha value is -2.83. The van der Waals surface area contributed by atoms with Gasteiger partial charge in [-0.15, -0.1) is 0 Å². The maximum Gasteiger partial charge on any atom is 0.308 e. The van der Waals surface area contributed by atoms with Crippen molar-refractivity contribution >= 4 is 11.9 Å². The van der Waals surface area contributed by atoms with Crippen molar-refractivity contribution in [1.82, 2.24) is 14.7 Å². The molecule has 27 heavy (non-hydrogen) atoms. The zero-order valence-corrected chi connectivity index (χ0v) is 15.9. The van der Waals surface area contributed by atoms with E-state index in [9.17, 15) is 14.7 Å². The number of carbonyl (C=O) groups is 2. The van der Waals surface area contributed by atoms with Crippen LogP contribution in [0.3, 0.4) is 0 Å². The molecule has 0 saturated carbocycles. The van der Waals surface area contributed by atoms with Crippen LogP contribution in [0.15, 0.2) is 30.3 Å². The van der Waals surface area contributed by atoms with E-state index >= 15 is 0 Å². The number of benzene rings is 1. The second-order valence-electron chi connectivity index (χ2n) is 7.03. The lowest BCUT2D eigenvalue weighted by atomic mass is 9.89. The summed E-state index contributed by atoms with van der Waals surface area (Å²) in [5, 5.41) is 14.0. The Morgan fingerprint density at radius 1 is 1.26 bits per heavy atom. The van der Waals surface area contributed by atoms with E-state index in [1.807, 2.05) is 48.9 Å². The number of ether oxygens (including phenoxy) is 1. The molecule has 0 bridgehead atoms. The molecule has 2 atom stereocenters. The molecule has 3 rings (SSSR count). The molecule has 7 heteroatoms. The van der Waals surface area contributed by atoms with E-state index in [0.717, 1.165) is 17.0 Å². The molecule has 0 radical (unpaired) electrons. The first-order valence-corrected chi connectivity index (χ1v) is 9.04. The second-order valence-corrected chi connectivity index (χ2v) is 7.03. The maximum atomic E-state index is 12.7. The fraction of sp³-hybridized carbons (Fsp3) is 0.450. The Balaban J connectivity index is 1.70. The largest absolute Gasteiger partial charge is 0.497 e. The van der Waals surface area contributed by atoms with Gasteiger partial charge >= 0.3 is 5.97 Å². The zero-order valence-electron chi connectivity index (χ0n) is 15.9. The number of carboxylic acids is 1. The number of rotatable bonds is 6. The minimum Gasteiger partial charge on any atom is -0.497 e. The topological polar surface area (TPSA) is 84.7 Å². The quantitative estimate of drug-likeness (QED) is 0.842. The summed E-state index contributed by atoms with van der Waals surface area (Å²) in [4.78, 5) is 26.1. The van der Waals surface area contributed by atoms with Gasteiger partial charge in [-0.2, -0.15) is 5.10 Å². The number of nitrogens with zero attached hydrogens (tertiary/aromatic N) is 3. The minimum absolute atomic E-state index is 0.0424. The Bertz CT molecular complexity index is 846. The molecule has 1 amide bonds. The lowest BCUT2D eigenvalue weighted by molar-refractivity contribution is -0.141. The van der Waals surface area contributed by atoms with Crippen LogP contribution >= 0.6 is 0 Å². The second kappa shape index (κ2) is 7.82. The van der Waals surface area contributed by atoms with E-state index in [4.69, 9.17) is 4.74 Å². The molecule has 1 saturated heterocycles. The van der Waals surface area contributed by atoms with Crippen LogP contribution in [-0.2, 0) is 16.1 Å². The van der Waals surface area contributed by atoms with Crippen molar-refractivity contribution in [2.45, 2.75) is 32.7 Å². The number of hydrogen-bond acceptors (Lipinski definition) is 4. The first-order valence-electron chi connectivity index (χ1n) is 9.04. The molecule has 0 unspecified atom stereocenters. The Kier molecular flexibility index (Phi) is 5.48. The number of carboxylic acid groups (broad SMARTS) is 1. The lowest BCUT2D eigenvalue weighted by Crippen LogP contribution is -2.30. The van der Waals surface area contributed by atoms with Gasteiger partial charge in [-0.3, -0.25) is 14.3 Å². The van der Waals surface area contributed by atoms with Crippen molar-refractivity contribution in [3.05, 3.63) is 47.3 Å². The van der Waals surface area contributed by atoms with E-state index in [0.29, 0.717) is 25.3 Å². The molecule has 2 heterocycles. The third-order valence-electron chi connectivity index (χ3n) is 5.15. The van der Waals surface area contributed by atoms with E-state index < -0.39 is 11.9 Å². The van der Waals surface area contributed by atoms with Crippen LogP contribution in [0.5, 0.6) is 5.75 Å². The zero-order chi connectivity index (χ0) is 19.6. The highest BCUT2D eigenvalue weighted by Crippen LogP contribution is 2.34. The van der Waals surface area contributed by atoms with Crippen LogP contribution in [0.1, 0.15) is 29.3 Å². The predicted molar refractivity (Wildman–Crippen MR) is 99.8 cm³/mol. The Morgan fingerprint density at radius 2 is 2.04 bits per heavy atom. The highest BCUT2D eigenvalue weighted by molar-refractivity contribution is 5.79. The van der Waals surface area contributed by atoms with Crippen molar-refractivity contribution in [1.29, 1.82) is 0 Å². The van der Waals surface area contributed by atoms with Crippen LogP contribution in [0.25, 0.3) is 0 Å². The molecule has 0 aliphatic carbocycles. The van der Waals surface area contributed by atoms with Crippen LogP contribution < -0.4 is 4.74 Å². The third-order valence-corrected chi connectivity index (χ3v) is 5.15. The summed E-state index contributed by atoms with van der Waals surface area (Å²) >= 11 is 0. The number of aromatic nitrogens is 2. The van der Waals surface area contributed by atoms with Gasteiger partial charge in [0, 0.05) is 37.7 Å². The van der Waals surface area contributed by atoms with E-state index in [2.05, 4.69) is 5.10 Å². The van der Waals surface area contributed by atoms with Gasteiger partial charge in [-0.1, -0.05) is 12.1 Å². The van der Waals surface area contributed by atoms with Gasteiger partial charge in [-0.25, -0.2) is 0 Å². The number of hydrogen-bond donors (Lipinski definition) is 1. The van der Waals surface area contributed by atoms with Gasteiger partial charge in [0.15, 0.2) is 0 Å². The highest BCUT2D eigenvalue weighted by atomic mass is 16.5. The van der Waals surface area contributed by atoms with Crippen molar-refractivity contribution in [3.8, 4) is 5.75 Å². The molecule has 1 fully saturated rings. The van der Waals surface area contributed by atoms with Crippen LogP contribution in [0.4, 0.5) is 0 Å². The molecule has 7 nitrogen and oxygen atoms in total. The number of amides is 1. The van der Waals surface area contributed by atoms with Crippen LogP contribution in [0.2, 0.25) is 0 Å². The number of likely N-dealkylation sites (tertiary alicyclic amines) is 1. The monoisotopic (exact) mass is 371 g/mol. The van der Waals surface area contributed by atoms with Crippen LogP contribution in [-0.4, -0.2) is 51.9 Å². The molecule has 1 aliphatic heterocycles.